The monoisotopic (exact) mass is 411 g/mol. The first kappa shape index (κ1) is 17.3. The van der Waals surface area contributed by atoms with Gasteiger partial charge >= 0.3 is 6.09 Å². The molecule has 2 aliphatic rings. The lowest BCUT2D eigenvalue weighted by Crippen LogP contribution is -2.49. The number of hydrogen-bond donors (Lipinski definition) is 0. The zero-order valence-electron chi connectivity index (χ0n) is 13.2. The minimum Gasteiger partial charge on any atom is -0.444 e. The molecule has 0 saturated carbocycles. The molecular weight excluding hydrogens is 385 g/mol. The molecule has 5 nitrogen and oxygen atoms in total. The van der Waals surface area contributed by atoms with E-state index >= 15 is 0 Å². The maximum atomic E-state index is 12.2. The topological polar surface area (TPSA) is 48.0 Å². The summed E-state index contributed by atoms with van der Waals surface area (Å²) in [6.07, 6.45) is 2.64. The number of halogens is 1. The predicted molar refractivity (Wildman–Crippen MR) is 89.0 cm³/mol. The van der Waals surface area contributed by atoms with E-state index in [0.29, 0.717) is 19.8 Å². The first-order valence-electron chi connectivity index (χ1n) is 7.63. The van der Waals surface area contributed by atoms with Gasteiger partial charge in [-0.2, -0.15) is 0 Å². The van der Waals surface area contributed by atoms with E-state index in [4.69, 9.17) is 14.2 Å². The predicted octanol–water partition coefficient (Wildman–Crippen LogP) is 3.00. The third-order valence-electron chi connectivity index (χ3n) is 3.81. The van der Waals surface area contributed by atoms with Crippen LogP contribution < -0.4 is 0 Å². The van der Waals surface area contributed by atoms with Gasteiger partial charge in [0.1, 0.15) is 5.60 Å². The summed E-state index contributed by atoms with van der Waals surface area (Å²) < 4.78 is 18.4. The molecule has 1 spiro atoms. The summed E-state index contributed by atoms with van der Waals surface area (Å²) in [4.78, 5) is 14.0. The molecule has 0 radical (unpaired) electrons. The van der Waals surface area contributed by atoms with Crippen LogP contribution in [0, 0.1) is 0 Å². The molecule has 0 aromatic rings. The van der Waals surface area contributed by atoms with Crippen molar-refractivity contribution in [1.29, 1.82) is 0 Å². The summed E-state index contributed by atoms with van der Waals surface area (Å²) in [6.45, 7) is 8.41. The van der Waals surface area contributed by atoms with Crippen LogP contribution in [-0.4, -0.2) is 59.0 Å². The lowest BCUT2D eigenvalue weighted by molar-refractivity contribution is -0.194. The lowest BCUT2D eigenvalue weighted by Gasteiger charge is -2.40. The molecule has 2 aliphatic heterocycles. The zero-order chi connectivity index (χ0) is 15.5. The van der Waals surface area contributed by atoms with Gasteiger partial charge in [0.2, 0.25) is 0 Å². The Morgan fingerprint density at radius 1 is 1.38 bits per heavy atom. The molecule has 0 aromatic heterocycles. The first-order valence-corrected chi connectivity index (χ1v) is 9.16. The van der Waals surface area contributed by atoms with Gasteiger partial charge in [-0.1, -0.05) is 22.6 Å². The van der Waals surface area contributed by atoms with Gasteiger partial charge in [0.15, 0.2) is 0 Å². The minimum absolute atomic E-state index is 0.174. The highest BCUT2D eigenvalue weighted by atomic mass is 127. The highest BCUT2D eigenvalue weighted by Gasteiger charge is 2.40. The number of hydrogen-bond acceptors (Lipinski definition) is 4. The van der Waals surface area contributed by atoms with Gasteiger partial charge in [-0.25, -0.2) is 4.79 Å². The van der Waals surface area contributed by atoms with Crippen LogP contribution in [0.3, 0.4) is 0 Å². The first-order chi connectivity index (χ1) is 9.84. The molecule has 2 unspecified atom stereocenters. The van der Waals surface area contributed by atoms with Gasteiger partial charge in [0.05, 0.1) is 24.9 Å². The fourth-order valence-electron chi connectivity index (χ4n) is 2.81. The van der Waals surface area contributed by atoms with Crippen LogP contribution in [0.25, 0.3) is 0 Å². The highest BCUT2D eigenvalue weighted by Crippen LogP contribution is 2.32. The van der Waals surface area contributed by atoms with Crippen molar-refractivity contribution in [3.63, 3.8) is 0 Å². The van der Waals surface area contributed by atoms with Crippen molar-refractivity contribution < 1.29 is 19.0 Å². The lowest BCUT2D eigenvalue weighted by atomic mass is 9.94. The van der Waals surface area contributed by atoms with Crippen molar-refractivity contribution in [2.24, 2.45) is 0 Å². The number of amides is 1. The fourth-order valence-corrected chi connectivity index (χ4v) is 3.25. The molecule has 2 fully saturated rings. The summed E-state index contributed by atoms with van der Waals surface area (Å²) in [7, 11) is 0. The number of ether oxygens (including phenoxy) is 3. The summed E-state index contributed by atoms with van der Waals surface area (Å²) >= 11 is 2.34. The normalized spacial score (nSPS) is 31.0. The van der Waals surface area contributed by atoms with Gasteiger partial charge in [-0.15, -0.1) is 0 Å². The fraction of sp³-hybridized carbons (Fsp3) is 0.933. The Balaban J connectivity index is 1.94. The largest absolute Gasteiger partial charge is 0.444 e. The van der Waals surface area contributed by atoms with E-state index in [9.17, 15) is 4.79 Å². The number of rotatable bonds is 1. The van der Waals surface area contributed by atoms with E-state index in [1.807, 2.05) is 20.8 Å². The molecule has 2 saturated heterocycles. The van der Waals surface area contributed by atoms with E-state index in [1.165, 1.54) is 0 Å². The van der Waals surface area contributed by atoms with Gasteiger partial charge in [-0.3, -0.25) is 0 Å². The second-order valence-electron chi connectivity index (χ2n) is 6.91. The van der Waals surface area contributed by atoms with Crippen LogP contribution in [-0.2, 0) is 14.2 Å². The standard InChI is InChI=1S/C15H26INO4/c1-14(2,3)21-13(18)17-7-4-5-15(6-8-17)11-19-10-12(9-16)20-15/h12H,4-11H2,1-3H3. The smallest absolute Gasteiger partial charge is 0.410 e. The number of carbonyl (C=O) groups is 1. The highest BCUT2D eigenvalue weighted by molar-refractivity contribution is 14.1. The Morgan fingerprint density at radius 2 is 2.14 bits per heavy atom. The van der Waals surface area contributed by atoms with Crippen molar-refractivity contribution in [3.05, 3.63) is 0 Å². The van der Waals surface area contributed by atoms with Crippen molar-refractivity contribution in [2.45, 2.75) is 57.3 Å². The maximum absolute atomic E-state index is 12.2. The van der Waals surface area contributed by atoms with Crippen LogP contribution in [0.15, 0.2) is 0 Å². The second kappa shape index (κ2) is 7.00. The van der Waals surface area contributed by atoms with Gasteiger partial charge in [-0.05, 0) is 40.0 Å². The van der Waals surface area contributed by atoms with Gasteiger partial charge in [0.25, 0.3) is 0 Å². The molecule has 0 aliphatic carbocycles. The van der Waals surface area contributed by atoms with Crippen LogP contribution >= 0.6 is 22.6 Å². The van der Waals surface area contributed by atoms with Crippen molar-refractivity contribution in [3.8, 4) is 0 Å². The molecular formula is C15H26INO4. The minimum atomic E-state index is -0.447. The average Bonchev–Trinajstić information content (AvgIpc) is 2.60. The Morgan fingerprint density at radius 3 is 2.81 bits per heavy atom. The zero-order valence-corrected chi connectivity index (χ0v) is 15.3. The van der Waals surface area contributed by atoms with E-state index in [-0.39, 0.29) is 17.8 Å². The third-order valence-corrected chi connectivity index (χ3v) is 4.79. The molecule has 2 atom stereocenters. The second-order valence-corrected chi connectivity index (χ2v) is 7.79. The van der Waals surface area contributed by atoms with E-state index < -0.39 is 5.60 Å². The van der Waals surface area contributed by atoms with Crippen molar-refractivity contribution in [2.75, 3.05) is 30.7 Å². The van der Waals surface area contributed by atoms with Crippen LogP contribution in [0.5, 0.6) is 0 Å². The number of carbonyl (C=O) groups excluding carboxylic acids is 1. The molecule has 2 heterocycles. The summed E-state index contributed by atoms with van der Waals surface area (Å²) in [5, 5.41) is 0. The van der Waals surface area contributed by atoms with Crippen LogP contribution in [0.4, 0.5) is 4.79 Å². The maximum Gasteiger partial charge on any atom is 0.410 e. The molecule has 6 heteroatoms. The molecule has 122 valence electrons. The van der Waals surface area contributed by atoms with E-state index in [0.717, 1.165) is 30.2 Å². The SMILES string of the molecule is CC(C)(C)OC(=O)N1CCCC2(CC1)COCC(CI)O2. The molecule has 21 heavy (non-hydrogen) atoms. The molecule has 2 rings (SSSR count). The van der Waals surface area contributed by atoms with Crippen molar-refractivity contribution >= 4 is 28.7 Å². The summed E-state index contributed by atoms with van der Waals surface area (Å²) in [6, 6.07) is 0. The van der Waals surface area contributed by atoms with Crippen molar-refractivity contribution in [1.82, 2.24) is 4.90 Å². The van der Waals surface area contributed by atoms with Crippen LogP contribution in [0.2, 0.25) is 0 Å². The Kier molecular flexibility index (Phi) is 5.76. The average molecular weight is 411 g/mol. The number of alkyl halides is 1. The van der Waals surface area contributed by atoms with Gasteiger partial charge in [0, 0.05) is 17.5 Å². The molecule has 0 N–H and O–H groups in total. The third kappa shape index (κ3) is 4.96. The van der Waals surface area contributed by atoms with E-state index in [2.05, 4.69) is 22.6 Å². The molecule has 0 aromatic carbocycles. The Hall–Kier alpha value is -0.0800. The summed E-state index contributed by atoms with van der Waals surface area (Å²) in [5.74, 6) is 0. The number of nitrogens with zero attached hydrogens (tertiary/aromatic N) is 1. The Labute approximate surface area is 140 Å². The van der Waals surface area contributed by atoms with E-state index in [1.54, 1.807) is 4.90 Å². The molecule has 1 amide bonds. The number of likely N-dealkylation sites (tertiary alicyclic amines) is 1. The van der Waals surface area contributed by atoms with Gasteiger partial charge < -0.3 is 19.1 Å². The quantitative estimate of drug-likeness (QED) is 0.492. The van der Waals surface area contributed by atoms with Crippen LogP contribution in [0.1, 0.15) is 40.0 Å². The molecule has 0 bridgehead atoms. The summed E-state index contributed by atoms with van der Waals surface area (Å²) in [5.41, 5.74) is -0.664. The Bertz CT molecular complexity index is 371.